The van der Waals surface area contributed by atoms with Gasteiger partial charge in [-0.15, -0.1) is 0 Å². The van der Waals surface area contributed by atoms with Crippen LogP contribution in [0.15, 0.2) is 26.1 Å². The lowest BCUT2D eigenvalue weighted by Gasteiger charge is -1.96. The molecule has 0 unspecified atom stereocenters. The molecule has 2 aromatic rings. The number of rotatable bonds is 0. The minimum Gasteiger partial charge on any atom is -0.372 e. The Kier molecular flexibility index (Phi) is 1.89. The second-order valence-electron chi connectivity index (χ2n) is 2.61. The van der Waals surface area contributed by atoms with Crippen LogP contribution in [-0.4, -0.2) is 4.98 Å². The number of H-pyrrole nitrogens is 1. The summed E-state index contributed by atoms with van der Waals surface area (Å²) in [6.45, 7) is 0. The largest absolute Gasteiger partial charge is 0.419 e. The van der Waals surface area contributed by atoms with Gasteiger partial charge in [0.2, 0.25) is 0 Å². The lowest BCUT2D eigenvalue weighted by atomic mass is 10.2. The Balaban J connectivity index is 3.03. The minimum atomic E-state index is -0.898. The fourth-order valence-corrected chi connectivity index (χ4v) is 1.26. The molecule has 14 heavy (non-hydrogen) atoms. The number of benzene rings is 1. The molecule has 0 fully saturated rings. The molecule has 6 heteroatoms. The zero-order chi connectivity index (χ0) is 10.3. The van der Waals surface area contributed by atoms with Crippen molar-refractivity contribution in [3.63, 3.8) is 0 Å². The number of aromatic nitrogens is 1. The molecule has 2 rings (SSSR count). The molecule has 0 aliphatic heterocycles. The first-order valence-electron chi connectivity index (χ1n) is 3.60. The number of fused-ring (bicyclic) bond motifs is 1. The molecule has 0 bridgehead atoms. The van der Waals surface area contributed by atoms with Gasteiger partial charge in [-0.25, -0.2) is 14.0 Å². The van der Waals surface area contributed by atoms with E-state index in [9.17, 15) is 14.0 Å². The van der Waals surface area contributed by atoms with E-state index in [2.05, 4.69) is 9.40 Å². The Labute approximate surface area is 80.9 Å². The highest BCUT2D eigenvalue weighted by molar-refractivity contribution is 6.31. The van der Waals surface area contributed by atoms with Gasteiger partial charge < -0.3 is 4.42 Å². The number of nitrogens with one attached hydrogen (secondary N) is 1. The summed E-state index contributed by atoms with van der Waals surface area (Å²) in [5.74, 6) is -1.64. The van der Waals surface area contributed by atoms with Gasteiger partial charge in [-0.05, 0) is 12.1 Å². The molecule has 0 aliphatic rings. The van der Waals surface area contributed by atoms with E-state index in [4.69, 9.17) is 11.6 Å². The molecule has 1 aromatic heterocycles. The van der Waals surface area contributed by atoms with Crippen molar-refractivity contribution in [2.75, 3.05) is 0 Å². The van der Waals surface area contributed by atoms with Gasteiger partial charge in [-0.2, -0.15) is 0 Å². The second-order valence-corrected chi connectivity index (χ2v) is 3.02. The summed E-state index contributed by atoms with van der Waals surface area (Å²) >= 11 is 5.46. The monoisotopic (exact) mass is 215 g/mol. The van der Waals surface area contributed by atoms with Crippen LogP contribution in [0.2, 0.25) is 5.02 Å². The molecule has 72 valence electrons. The maximum Gasteiger partial charge on any atom is 0.419 e. The van der Waals surface area contributed by atoms with E-state index in [1.54, 1.807) is 0 Å². The molecule has 1 N–H and O–H groups in total. The summed E-state index contributed by atoms with van der Waals surface area (Å²) in [5, 5.41) is -0.217. The summed E-state index contributed by atoms with van der Waals surface area (Å²) in [7, 11) is 0. The van der Waals surface area contributed by atoms with Crippen LogP contribution in [0, 0.1) is 5.82 Å². The highest BCUT2D eigenvalue weighted by atomic mass is 35.5. The van der Waals surface area contributed by atoms with E-state index in [1.165, 1.54) is 0 Å². The van der Waals surface area contributed by atoms with Gasteiger partial charge in [0.15, 0.2) is 0 Å². The van der Waals surface area contributed by atoms with Crippen LogP contribution in [-0.2, 0) is 0 Å². The van der Waals surface area contributed by atoms with Crippen LogP contribution >= 0.6 is 11.6 Å². The van der Waals surface area contributed by atoms with Gasteiger partial charge in [0.05, 0.1) is 15.9 Å². The Morgan fingerprint density at radius 2 is 2.07 bits per heavy atom. The number of hydrogen-bond donors (Lipinski definition) is 1. The third-order valence-electron chi connectivity index (χ3n) is 1.70. The van der Waals surface area contributed by atoms with Crippen molar-refractivity contribution < 1.29 is 8.81 Å². The van der Waals surface area contributed by atoms with Crippen molar-refractivity contribution in [3.05, 3.63) is 43.9 Å². The predicted octanol–water partition coefficient (Wildman–Crippen LogP) is 1.27. The van der Waals surface area contributed by atoms with Gasteiger partial charge in [-0.1, -0.05) is 11.6 Å². The molecule has 0 aliphatic carbocycles. The Bertz CT molecular complexity index is 616. The molecule has 1 heterocycles. The first-order valence-corrected chi connectivity index (χ1v) is 3.98. The molecule has 0 spiro atoms. The van der Waals surface area contributed by atoms with Crippen LogP contribution in [0.25, 0.3) is 10.9 Å². The van der Waals surface area contributed by atoms with E-state index in [-0.39, 0.29) is 15.9 Å². The standard InChI is InChI=1S/C8H3ClFNO3/c9-4-2-6-3(1-5(4)10)7(12)14-8(13)11-6/h1-2H,(H,11,13). The molecule has 0 saturated heterocycles. The highest BCUT2D eigenvalue weighted by Crippen LogP contribution is 2.18. The Morgan fingerprint density at radius 3 is 2.79 bits per heavy atom. The summed E-state index contributed by atoms with van der Waals surface area (Å²) < 4.78 is 17.1. The lowest BCUT2D eigenvalue weighted by molar-refractivity contribution is 0.459. The topological polar surface area (TPSA) is 63.1 Å². The minimum absolute atomic E-state index is 0.0495. The molecule has 0 radical (unpaired) electrons. The zero-order valence-electron chi connectivity index (χ0n) is 6.64. The van der Waals surface area contributed by atoms with Crippen molar-refractivity contribution in [1.82, 2.24) is 4.98 Å². The smallest absolute Gasteiger partial charge is 0.372 e. The van der Waals surface area contributed by atoms with E-state index >= 15 is 0 Å². The first-order chi connectivity index (χ1) is 6.58. The fourth-order valence-electron chi connectivity index (χ4n) is 1.09. The highest BCUT2D eigenvalue weighted by Gasteiger charge is 2.07. The molecule has 4 nitrogen and oxygen atoms in total. The van der Waals surface area contributed by atoms with Crippen LogP contribution in [0.5, 0.6) is 0 Å². The van der Waals surface area contributed by atoms with Crippen LogP contribution in [0.4, 0.5) is 4.39 Å². The summed E-state index contributed by atoms with van der Waals surface area (Å²) in [6, 6.07) is 2.07. The van der Waals surface area contributed by atoms with E-state index in [0.717, 1.165) is 12.1 Å². The molecular weight excluding hydrogens is 213 g/mol. The molecule has 1 aromatic carbocycles. The maximum atomic E-state index is 12.9. The quantitative estimate of drug-likeness (QED) is 0.720. The van der Waals surface area contributed by atoms with Gasteiger partial charge in [0.1, 0.15) is 5.82 Å². The number of aromatic amines is 1. The van der Waals surface area contributed by atoms with E-state index in [0.29, 0.717) is 0 Å². The molecule has 0 saturated carbocycles. The Morgan fingerprint density at radius 1 is 1.36 bits per heavy atom. The number of hydrogen-bond acceptors (Lipinski definition) is 3. The van der Waals surface area contributed by atoms with Gasteiger partial charge >= 0.3 is 11.4 Å². The number of halogens is 2. The van der Waals surface area contributed by atoms with Crippen molar-refractivity contribution in [2.24, 2.45) is 0 Å². The normalized spacial score (nSPS) is 10.7. The molecule has 0 atom stereocenters. The van der Waals surface area contributed by atoms with Crippen molar-refractivity contribution >= 4 is 22.5 Å². The fraction of sp³-hybridized carbons (Fsp3) is 0. The van der Waals surface area contributed by atoms with Crippen LogP contribution < -0.4 is 11.4 Å². The van der Waals surface area contributed by atoms with Gasteiger partial charge in [0, 0.05) is 0 Å². The van der Waals surface area contributed by atoms with Crippen LogP contribution in [0.1, 0.15) is 0 Å². The van der Waals surface area contributed by atoms with E-state index < -0.39 is 17.2 Å². The van der Waals surface area contributed by atoms with Crippen molar-refractivity contribution in [2.45, 2.75) is 0 Å². The van der Waals surface area contributed by atoms with Crippen molar-refractivity contribution in [1.29, 1.82) is 0 Å². The SMILES string of the molecule is O=c1[nH]c2cc(Cl)c(F)cc2c(=O)o1. The zero-order valence-corrected chi connectivity index (χ0v) is 7.39. The first kappa shape index (κ1) is 8.96. The van der Waals surface area contributed by atoms with Gasteiger partial charge in [0.25, 0.3) is 0 Å². The summed E-state index contributed by atoms with van der Waals surface area (Å²) in [5.41, 5.74) is -0.739. The maximum absolute atomic E-state index is 12.9. The second kappa shape index (κ2) is 2.95. The average Bonchev–Trinajstić information content (AvgIpc) is 2.08. The van der Waals surface area contributed by atoms with Crippen LogP contribution in [0.3, 0.4) is 0 Å². The predicted molar refractivity (Wildman–Crippen MR) is 48.1 cm³/mol. The molecular formula is C8H3ClFNO3. The molecule has 0 amide bonds. The van der Waals surface area contributed by atoms with Crippen molar-refractivity contribution in [3.8, 4) is 0 Å². The summed E-state index contributed by atoms with van der Waals surface area (Å²) in [6.07, 6.45) is 0. The third kappa shape index (κ3) is 1.31. The Hall–Kier alpha value is -1.62. The average molecular weight is 216 g/mol. The van der Waals surface area contributed by atoms with E-state index in [1.807, 2.05) is 0 Å². The van der Waals surface area contributed by atoms with Gasteiger partial charge in [-0.3, -0.25) is 4.98 Å². The lowest BCUT2D eigenvalue weighted by Crippen LogP contribution is -2.14. The summed E-state index contributed by atoms with van der Waals surface area (Å²) in [4.78, 5) is 24.0. The third-order valence-corrected chi connectivity index (χ3v) is 1.99.